The number of hydrogen-bond acceptors (Lipinski definition) is 1. The van der Waals surface area contributed by atoms with Crippen molar-refractivity contribution >= 4 is 17.1 Å². The third-order valence-electron chi connectivity index (χ3n) is 15.2. The van der Waals surface area contributed by atoms with Crippen molar-refractivity contribution in [3.8, 4) is 66.8 Å². The van der Waals surface area contributed by atoms with Gasteiger partial charge in [-0.15, -0.1) is 0 Å². The summed E-state index contributed by atoms with van der Waals surface area (Å²) in [6.07, 6.45) is 0. The van der Waals surface area contributed by atoms with E-state index in [1.165, 1.54) is 111 Å². The molecule has 0 radical (unpaired) electrons. The van der Waals surface area contributed by atoms with Gasteiger partial charge in [0, 0.05) is 16.9 Å². The molecule has 1 unspecified atom stereocenters. The second-order valence-electron chi connectivity index (χ2n) is 17.8. The van der Waals surface area contributed by atoms with Gasteiger partial charge in [0.25, 0.3) is 0 Å². The van der Waals surface area contributed by atoms with Crippen LogP contribution in [0.25, 0.3) is 66.8 Å². The Balaban J connectivity index is 1.03. The molecule has 0 amide bonds. The summed E-state index contributed by atoms with van der Waals surface area (Å²) in [6, 6.07) is 84.9. The molecule has 5 aliphatic carbocycles. The molecule has 0 fully saturated rings. The summed E-state index contributed by atoms with van der Waals surface area (Å²) in [4.78, 5) is 2.55. The van der Waals surface area contributed by atoms with Crippen molar-refractivity contribution in [3.63, 3.8) is 0 Å². The van der Waals surface area contributed by atoms with Gasteiger partial charge in [-0.05, 0) is 136 Å². The highest BCUT2D eigenvalue weighted by atomic mass is 15.1. The van der Waals surface area contributed by atoms with E-state index in [4.69, 9.17) is 0 Å². The van der Waals surface area contributed by atoms with Gasteiger partial charge in [-0.25, -0.2) is 0 Å². The van der Waals surface area contributed by atoms with Crippen LogP contribution in [-0.4, -0.2) is 0 Å². The molecule has 63 heavy (non-hydrogen) atoms. The first-order valence-corrected chi connectivity index (χ1v) is 22.2. The first-order valence-electron chi connectivity index (χ1n) is 22.2. The zero-order chi connectivity index (χ0) is 41.0. The molecule has 0 saturated heterocycles. The fourth-order valence-electron chi connectivity index (χ4n) is 13.1. The van der Waals surface area contributed by atoms with Gasteiger partial charge in [0.15, 0.2) is 0 Å². The van der Waals surface area contributed by atoms with Gasteiger partial charge in [0.05, 0.1) is 16.5 Å². The van der Waals surface area contributed by atoms with Crippen molar-refractivity contribution in [3.05, 3.63) is 269 Å². The number of fused-ring (bicyclic) bond motifs is 15. The van der Waals surface area contributed by atoms with Crippen LogP contribution in [0.4, 0.5) is 17.1 Å². The molecule has 5 aliphatic rings. The number of rotatable bonds is 4. The maximum absolute atomic E-state index is 2.55. The lowest BCUT2D eigenvalue weighted by atomic mass is 9.70. The first kappa shape index (κ1) is 33.7. The van der Waals surface area contributed by atoms with E-state index in [1.54, 1.807) is 0 Å². The molecular formula is C62H37N. The van der Waals surface area contributed by atoms with Crippen LogP contribution in [0.15, 0.2) is 224 Å². The fraction of sp³-hybridized carbons (Fsp3) is 0.0323. The Labute approximate surface area is 366 Å². The normalized spacial score (nSPS) is 16.1. The Morgan fingerprint density at radius 1 is 0.238 bits per heavy atom. The van der Waals surface area contributed by atoms with E-state index in [1.807, 2.05) is 0 Å². The predicted octanol–water partition coefficient (Wildman–Crippen LogP) is 15.5. The number of anilines is 3. The van der Waals surface area contributed by atoms with Crippen molar-refractivity contribution < 1.29 is 0 Å². The van der Waals surface area contributed by atoms with E-state index in [0.717, 1.165) is 17.1 Å². The summed E-state index contributed by atoms with van der Waals surface area (Å²) in [5, 5.41) is 0. The van der Waals surface area contributed by atoms with E-state index in [-0.39, 0.29) is 5.41 Å². The highest BCUT2D eigenvalue weighted by Crippen LogP contribution is 2.70. The Kier molecular flexibility index (Phi) is 6.35. The van der Waals surface area contributed by atoms with Crippen LogP contribution in [0, 0.1) is 0 Å². The summed E-state index contributed by atoms with van der Waals surface area (Å²) >= 11 is 0. The highest BCUT2D eigenvalue weighted by Gasteiger charge is 2.57. The summed E-state index contributed by atoms with van der Waals surface area (Å²) in [5.41, 5.74) is 29.4. The lowest BCUT2D eigenvalue weighted by molar-refractivity contribution is 0.793. The van der Waals surface area contributed by atoms with Crippen molar-refractivity contribution in [2.45, 2.75) is 10.8 Å². The molecule has 1 nitrogen and oxygen atoms in total. The second kappa shape index (κ2) is 11.9. The number of benzene rings is 10. The van der Waals surface area contributed by atoms with Crippen LogP contribution in [0.2, 0.25) is 0 Å². The number of nitrogens with zero attached hydrogens (tertiary/aromatic N) is 1. The van der Waals surface area contributed by atoms with Crippen molar-refractivity contribution in [2.75, 3.05) is 4.90 Å². The topological polar surface area (TPSA) is 3.24 Å². The largest absolute Gasteiger partial charge is 0.310 e. The molecule has 1 atom stereocenters. The molecule has 10 aromatic rings. The summed E-state index contributed by atoms with van der Waals surface area (Å²) in [5.74, 6) is 0. The van der Waals surface area contributed by atoms with Gasteiger partial charge >= 0.3 is 0 Å². The average molecular weight is 796 g/mol. The SMILES string of the molecule is c1ccc(-c2ccccc2N(c2ccc3c(c2)C2(c4ccccc4-c4ccccc42)c2ccccc2-3)c2ccc3c(c2)C24c5ccccc5-c5cccc(c52)-c2cccc-3c24)cc1. The summed E-state index contributed by atoms with van der Waals surface area (Å²) in [6.45, 7) is 0. The Bertz CT molecular complexity index is 3450. The lowest BCUT2D eigenvalue weighted by Gasteiger charge is -2.33. The van der Waals surface area contributed by atoms with Crippen molar-refractivity contribution in [1.29, 1.82) is 0 Å². The molecule has 10 aromatic carbocycles. The minimum atomic E-state index is -0.452. The second-order valence-corrected chi connectivity index (χ2v) is 17.8. The Morgan fingerprint density at radius 2 is 0.587 bits per heavy atom. The molecule has 0 aromatic heterocycles. The van der Waals surface area contributed by atoms with Gasteiger partial charge in [-0.1, -0.05) is 194 Å². The first-order chi connectivity index (χ1) is 31.3. The quantitative estimate of drug-likeness (QED) is 0.171. The minimum absolute atomic E-state index is 0.384. The van der Waals surface area contributed by atoms with Gasteiger partial charge in [0.1, 0.15) is 0 Å². The Morgan fingerprint density at radius 3 is 1.11 bits per heavy atom. The van der Waals surface area contributed by atoms with Crippen LogP contribution in [0.1, 0.15) is 44.5 Å². The average Bonchev–Trinajstić information content (AvgIpc) is 4.10. The van der Waals surface area contributed by atoms with Gasteiger partial charge < -0.3 is 4.90 Å². The van der Waals surface area contributed by atoms with Crippen molar-refractivity contribution in [1.82, 2.24) is 0 Å². The number of hydrogen-bond donors (Lipinski definition) is 0. The van der Waals surface area contributed by atoms with E-state index in [0.29, 0.717) is 0 Å². The zero-order valence-electron chi connectivity index (χ0n) is 34.3. The zero-order valence-corrected chi connectivity index (χ0v) is 34.3. The van der Waals surface area contributed by atoms with Crippen LogP contribution >= 0.6 is 0 Å². The monoisotopic (exact) mass is 795 g/mol. The lowest BCUT2D eigenvalue weighted by Crippen LogP contribution is -2.26. The van der Waals surface area contributed by atoms with Crippen LogP contribution in [-0.2, 0) is 10.8 Å². The molecule has 0 heterocycles. The molecule has 15 rings (SSSR count). The van der Waals surface area contributed by atoms with Gasteiger partial charge in [-0.2, -0.15) is 0 Å². The third kappa shape index (κ3) is 3.92. The van der Waals surface area contributed by atoms with Crippen LogP contribution in [0.3, 0.4) is 0 Å². The summed E-state index contributed by atoms with van der Waals surface area (Å²) < 4.78 is 0. The fourth-order valence-corrected chi connectivity index (χ4v) is 13.1. The summed E-state index contributed by atoms with van der Waals surface area (Å²) in [7, 11) is 0. The maximum atomic E-state index is 2.55. The molecule has 0 aliphatic heterocycles. The highest BCUT2D eigenvalue weighted by molar-refractivity contribution is 6.07. The smallest absolute Gasteiger partial charge is 0.0738 e. The molecule has 0 N–H and O–H groups in total. The minimum Gasteiger partial charge on any atom is -0.310 e. The molecule has 0 saturated carbocycles. The van der Waals surface area contributed by atoms with Crippen LogP contribution < -0.4 is 4.90 Å². The van der Waals surface area contributed by atoms with E-state index in [9.17, 15) is 0 Å². The number of para-hydroxylation sites is 1. The molecule has 0 bridgehead atoms. The molecule has 1 heteroatoms. The maximum Gasteiger partial charge on any atom is 0.0738 e. The van der Waals surface area contributed by atoms with Gasteiger partial charge in [-0.3, -0.25) is 0 Å². The molecule has 290 valence electrons. The molecular weight excluding hydrogens is 759 g/mol. The standard InChI is InChI=1S/C62H37N/c1-2-16-38(17-3-1)41-18-8-13-31-58(41)63(39-32-34-46-44-21-6-11-29-54(44)61(56(46)36-39)52-27-9-4-19-42(52)43-20-5-10-28-53(43)61)40-33-35-47-49-24-15-26-51-50-25-14-23-48-45-22-7-12-30-55(45)62(59(48)50,60(49)51)57(47)37-40/h1-37H. The van der Waals surface area contributed by atoms with E-state index in [2.05, 4.69) is 229 Å². The van der Waals surface area contributed by atoms with Gasteiger partial charge in [0.2, 0.25) is 0 Å². The predicted molar refractivity (Wildman–Crippen MR) is 258 cm³/mol. The Hall–Kier alpha value is -8.00. The molecule has 2 spiro atoms. The van der Waals surface area contributed by atoms with E-state index < -0.39 is 5.41 Å². The van der Waals surface area contributed by atoms with Crippen molar-refractivity contribution in [2.24, 2.45) is 0 Å². The third-order valence-corrected chi connectivity index (χ3v) is 15.2. The van der Waals surface area contributed by atoms with E-state index >= 15 is 0 Å². The van der Waals surface area contributed by atoms with Crippen LogP contribution in [0.5, 0.6) is 0 Å².